The summed E-state index contributed by atoms with van der Waals surface area (Å²) in [7, 11) is 0. The molecule has 0 atom stereocenters. The molecule has 8 nitrogen and oxygen atoms in total. The quantitative estimate of drug-likeness (QED) is 0.356. The summed E-state index contributed by atoms with van der Waals surface area (Å²) < 4.78 is 12.5. The Kier molecular flexibility index (Phi) is 3.87. The van der Waals surface area contributed by atoms with E-state index < -0.39 is 11.1 Å². The highest BCUT2D eigenvalue weighted by Crippen LogP contribution is 2.43. The van der Waals surface area contributed by atoms with E-state index in [1.54, 1.807) is 0 Å². The molecule has 0 aliphatic heterocycles. The van der Waals surface area contributed by atoms with Gasteiger partial charge in [0, 0.05) is 49.3 Å². The van der Waals surface area contributed by atoms with Crippen LogP contribution in [-0.4, -0.2) is 26.7 Å². The maximum atomic E-state index is 11.8. The molecule has 2 aliphatic rings. The average molecular weight is 343 g/mol. The Bertz CT molecular complexity index is 791. The normalized spacial score (nSPS) is 22.1. The molecule has 1 aromatic carbocycles. The summed E-state index contributed by atoms with van der Waals surface area (Å²) in [5.74, 6) is 1.94. The van der Waals surface area contributed by atoms with E-state index in [2.05, 4.69) is 9.55 Å². The van der Waals surface area contributed by atoms with Gasteiger partial charge in [0.15, 0.2) is 0 Å². The van der Waals surface area contributed by atoms with E-state index in [0.717, 1.165) is 18.7 Å². The van der Waals surface area contributed by atoms with Gasteiger partial charge in [-0.15, -0.1) is 0 Å². The minimum Gasteiger partial charge on any atom is -0.431 e. The number of hydrogen-bond acceptors (Lipinski definition) is 6. The first-order valence-electron chi connectivity index (χ1n) is 8.26. The predicted molar refractivity (Wildman–Crippen MR) is 86.5 cm³/mol. The largest absolute Gasteiger partial charge is 0.514 e. The third kappa shape index (κ3) is 3.33. The molecular weight excluding hydrogens is 326 g/mol. The fourth-order valence-corrected chi connectivity index (χ4v) is 3.04. The lowest BCUT2D eigenvalue weighted by Gasteiger charge is -2.35. The van der Waals surface area contributed by atoms with Crippen LogP contribution in [0.1, 0.15) is 43.5 Å². The third-order valence-electron chi connectivity index (χ3n) is 4.62. The number of ether oxygens (including phenoxy) is 2. The zero-order chi connectivity index (χ0) is 17.4. The van der Waals surface area contributed by atoms with Gasteiger partial charge in [0.2, 0.25) is 0 Å². The van der Waals surface area contributed by atoms with Crippen molar-refractivity contribution in [2.75, 3.05) is 0 Å². The van der Waals surface area contributed by atoms with E-state index in [0.29, 0.717) is 12.0 Å². The number of carbonyl (C=O) groups is 1. The fourth-order valence-electron chi connectivity index (χ4n) is 3.04. The van der Waals surface area contributed by atoms with Crippen molar-refractivity contribution in [3.8, 4) is 5.75 Å². The Balaban J connectivity index is 1.27. The Morgan fingerprint density at radius 3 is 2.60 bits per heavy atom. The molecule has 2 fully saturated rings. The van der Waals surface area contributed by atoms with Crippen LogP contribution in [-0.2, 0) is 4.74 Å². The predicted octanol–water partition coefficient (Wildman–Crippen LogP) is 3.59. The first kappa shape index (κ1) is 15.6. The van der Waals surface area contributed by atoms with Crippen molar-refractivity contribution in [1.82, 2.24) is 9.55 Å². The Hall–Kier alpha value is -2.90. The summed E-state index contributed by atoms with van der Waals surface area (Å²) in [4.78, 5) is 26.3. The topological polar surface area (TPSA) is 96.5 Å². The SMILES string of the molecule is O=C(Oc1ccc([N+](=O)[O-])cc1)OC1CC(n2ccnc2C2CC2)C1. The first-order chi connectivity index (χ1) is 12.1. The van der Waals surface area contributed by atoms with Crippen molar-refractivity contribution in [3.63, 3.8) is 0 Å². The van der Waals surface area contributed by atoms with Gasteiger partial charge in [-0.05, 0) is 25.0 Å². The molecule has 0 N–H and O–H groups in total. The van der Waals surface area contributed by atoms with Crippen molar-refractivity contribution >= 4 is 11.8 Å². The van der Waals surface area contributed by atoms with Gasteiger partial charge in [-0.1, -0.05) is 0 Å². The van der Waals surface area contributed by atoms with Crippen LogP contribution in [0.15, 0.2) is 36.7 Å². The van der Waals surface area contributed by atoms with E-state index in [1.165, 1.54) is 37.1 Å². The highest BCUT2D eigenvalue weighted by Gasteiger charge is 2.37. The number of carbonyl (C=O) groups excluding carboxylic acids is 1. The van der Waals surface area contributed by atoms with Crippen LogP contribution in [0.4, 0.5) is 10.5 Å². The standard InChI is InChI=1S/C17H17N3O5/c21-17(24-14-5-3-12(4-6-14)20(22)23)25-15-9-13(10-15)19-8-7-18-16(19)11-1-2-11/h3-8,11,13,15H,1-2,9-10H2. The van der Waals surface area contributed by atoms with Crippen molar-refractivity contribution in [2.24, 2.45) is 0 Å². The van der Waals surface area contributed by atoms with Gasteiger partial charge in [0.05, 0.1) is 4.92 Å². The van der Waals surface area contributed by atoms with Crippen LogP contribution < -0.4 is 4.74 Å². The molecule has 0 saturated heterocycles. The summed E-state index contributed by atoms with van der Waals surface area (Å²) in [5.41, 5.74) is -0.0608. The van der Waals surface area contributed by atoms with Crippen LogP contribution >= 0.6 is 0 Å². The smallest absolute Gasteiger partial charge is 0.431 e. The van der Waals surface area contributed by atoms with E-state index >= 15 is 0 Å². The molecule has 4 rings (SSSR count). The maximum absolute atomic E-state index is 11.8. The van der Waals surface area contributed by atoms with Crippen molar-refractivity contribution < 1.29 is 19.2 Å². The van der Waals surface area contributed by atoms with Crippen molar-refractivity contribution in [2.45, 2.75) is 43.7 Å². The molecule has 0 radical (unpaired) electrons. The van der Waals surface area contributed by atoms with Gasteiger partial charge in [0.1, 0.15) is 17.7 Å². The second-order valence-electron chi connectivity index (χ2n) is 6.44. The summed E-state index contributed by atoms with van der Waals surface area (Å²) in [6.07, 6.45) is 6.73. The number of nitrogens with zero attached hydrogens (tertiary/aromatic N) is 3. The van der Waals surface area contributed by atoms with Crippen LogP contribution in [0.25, 0.3) is 0 Å². The lowest BCUT2D eigenvalue weighted by molar-refractivity contribution is -0.384. The summed E-state index contributed by atoms with van der Waals surface area (Å²) in [6, 6.07) is 5.61. The molecular formula is C17H17N3O5. The second-order valence-corrected chi connectivity index (χ2v) is 6.44. The molecule has 2 aromatic rings. The van der Waals surface area contributed by atoms with Crippen LogP contribution in [0.3, 0.4) is 0 Å². The minimum atomic E-state index is -0.787. The van der Waals surface area contributed by atoms with Crippen LogP contribution in [0, 0.1) is 10.1 Å². The van der Waals surface area contributed by atoms with Gasteiger partial charge in [0.25, 0.3) is 5.69 Å². The number of benzene rings is 1. The summed E-state index contributed by atoms with van der Waals surface area (Å²) in [5, 5.41) is 10.6. The monoisotopic (exact) mass is 343 g/mol. The fraction of sp³-hybridized carbons (Fsp3) is 0.412. The van der Waals surface area contributed by atoms with Crippen molar-refractivity contribution in [1.29, 1.82) is 0 Å². The molecule has 0 spiro atoms. The Labute approximate surface area is 143 Å². The van der Waals surface area contributed by atoms with Gasteiger partial charge < -0.3 is 14.0 Å². The highest BCUT2D eigenvalue weighted by molar-refractivity contribution is 5.64. The van der Waals surface area contributed by atoms with Gasteiger partial charge in [-0.3, -0.25) is 10.1 Å². The Morgan fingerprint density at radius 1 is 1.24 bits per heavy atom. The highest BCUT2D eigenvalue weighted by atomic mass is 16.7. The van der Waals surface area contributed by atoms with E-state index in [4.69, 9.17) is 9.47 Å². The molecule has 1 aromatic heterocycles. The molecule has 2 aliphatic carbocycles. The van der Waals surface area contributed by atoms with Crippen LogP contribution in [0.2, 0.25) is 0 Å². The number of hydrogen-bond donors (Lipinski definition) is 0. The summed E-state index contributed by atoms with van der Waals surface area (Å²) in [6.45, 7) is 0. The molecule has 1 heterocycles. The van der Waals surface area contributed by atoms with Gasteiger partial charge in [-0.2, -0.15) is 0 Å². The van der Waals surface area contributed by atoms with E-state index in [-0.39, 0.29) is 17.5 Å². The van der Waals surface area contributed by atoms with Crippen molar-refractivity contribution in [3.05, 3.63) is 52.6 Å². The first-order valence-corrected chi connectivity index (χ1v) is 8.26. The molecule has 8 heteroatoms. The zero-order valence-electron chi connectivity index (χ0n) is 13.4. The maximum Gasteiger partial charge on any atom is 0.514 e. The molecule has 25 heavy (non-hydrogen) atoms. The van der Waals surface area contributed by atoms with Gasteiger partial charge >= 0.3 is 6.16 Å². The molecule has 130 valence electrons. The summed E-state index contributed by atoms with van der Waals surface area (Å²) >= 11 is 0. The van der Waals surface area contributed by atoms with E-state index in [1.807, 2.05) is 12.4 Å². The number of non-ortho nitro benzene ring substituents is 1. The van der Waals surface area contributed by atoms with Crippen LogP contribution in [0.5, 0.6) is 5.75 Å². The van der Waals surface area contributed by atoms with Gasteiger partial charge in [-0.25, -0.2) is 9.78 Å². The minimum absolute atomic E-state index is 0.0608. The zero-order valence-corrected chi connectivity index (χ0v) is 13.4. The number of imidazole rings is 1. The number of nitro benzene ring substituents is 1. The number of nitro groups is 1. The lowest BCUT2D eigenvalue weighted by atomic mass is 9.89. The molecule has 0 amide bonds. The molecule has 2 saturated carbocycles. The molecule has 0 unspecified atom stereocenters. The van der Waals surface area contributed by atoms with E-state index in [9.17, 15) is 14.9 Å². The number of rotatable bonds is 5. The average Bonchev–Trinajstić information content (AvgIpc) is 3.29. The lowest BCUT2D eigenvalue weighted by Crippen LogP contribution is -2.36. The second kappa shape index (κ2) is 6.19. The Morgan fingerprint density at radius 2 is 1.96 bits per heavy atom. The third-order valence-corrected chi connectivity index (χ3v) is 4.62. The molecule has 0 bridgehead atoms. The number of aromatic nitrogens is 2.